The van der Waals surface area contributed by atoms with Crippen LogP contribution in [0.5, 0.6) is 0 Å². The Labute approximate surface area is 181 Å². The van der Waals surface area contributed by atoms with Gasteiger partial charge in [0, 0.05) is 58.8 Å². The molecule has 3 rings (SSSR count). The van der Waals surface area contributed by atoms with Crippen molar-refractivity contribution in [3.05, 3.63) is 35.4 Å². The molecule has 1 N–H and O–H groups in total. The molecule has 1 fully saturated rings. The lowest BCUT2D eigenvalue weighted by Crippen LogP contribution is -2.41. The summed E-state index contributed by atoms with van der Waals surface area (Å²) in [5.74, 6) is 1.67. The molecular weight excluding hydrogens is 451 g/mol. The monoisotopic (exact) mass is 486 g/mol. The van der Waals surface area contributed by atoms with E-state index in [-0.39, 0.29) is 24.0 Å². The van der Waals surface area contributed by atoms with Crippen molar-refractivity contribution in [3.63, 3.8) is 0 Å². The highest BCUT2D eigenvalue weighted by Crippen LogP contribution is 2.18. The normalized spacial score (nSPS) is 20.1. The molecule has 1 unspecified atom stereocenters. The van der Waals surface area contributed by atoms with Crippen LogP contribution >= 0.6 is 24.0 Å². The minimum atomic E-state index is 0. The van der Waals surface area contributed by atoms with Gasteiger partial charge in [-0.15, -0.1) is 24.0 Å². The lowest BCUT2D eigenvalue weighted by molar-refractivity contribution is 0.181. The van der Waals surface area contributed by atoms with Crippen LogP contribution in [0, 0.1) is 5.92 Å². The van der Waals surface area contributed by atoms with E-state index in [0.29, 0.717) is 5.92 Å². The van der Waals surface area contributed by atoms with Crippen molar-refractivity contribution in [1.82, 2.24) is 15.1 Å². The topological polar surface area (TPSA) is 40.1 Å². The van der Waals surface area contributed by atoms with E-state index < -0.39 is 0 Å². The molecule has 0 spiro atoms. The number of nitrogens with zero attached hydrogens (tertiary/aromatic N) is 3. The summed E-state index contributed by atoms with van der Waals surface area (Å²) in [5, 5.41) is 3.43. The van der Waals surface area contributed by atoms with E-state index in [9.17, 15) is 0 Å². The molecule has 2 aliphatic heterocycles. The summed E-state index contributed by atoms with van der Waals surface area (Å²) < 4.78 is 5.50. The van der Waals surface area contributed by atoms with Crippen molar-refractivity contribution >= 4 is 29.9 Å². The average Bonchev–Trinajstić information content (AvgIpc) is 3.17. The first kappa shape index (κ1) is 22.4. The molecular formula is C21H35IN4O. The molecule has 1 aromatic carbocycles. The van der Waals surface area contributed by atoms with Crippen molar-refractivity contribution < 1.29 is 4.74 Å². The fraction of sp³-hybridized carbons (Fsp3) is 0.667. The summed E-state index contributed by atoms with van der Waals surface area (Å²) in [6.45, 7) is 10.1. The average molecular weight is 486 g/mol. The second-order valence-corrected chi connectivity index (χ2v) is 7.49. The zero-order valence-electron chi connectivity index (χ0n) is 16.8. The van der Waals surface area contributed by atoms with Crippen LogP contribution in [-0.2, 0) is 17.7 Å². The Morgan fingerprint density at radius 1 is 1.33 bits per heavy atom. The molecule has 1 atom stereocenters. The Morgan fingerprint density at radius 2 is 2.15 bits per heavy atom. The Bertz CT molecular complexity index is 589. The minimum Gasteiger partial charge on any atom is -0.381 e. The summed E-state index contributed by atoms with van der Waals surface area (Å²) in [5.41, 5.74) is 3.02. The van der Waals surface area contributed by atoms with Gasteiger partial charge in [0.1, 0.15) is 0 Å². The van der Waals surface area contributed by atoms with Crippen LogP contribution in [0.2, 0.25) is 0 Å². The maximum atomic E-state index is 5.50. The van der Waals surface area contributed by atoms with E-state index in [2.05, 4.69) is 53.4 Å². The van der Waals surface area contributed by atoms with E-state index in [4.69, 9.17) is 9.73 Å². The third-order valence-electron chi connectivity index (χ3n) is 5.36. The number of nitrogens with one attached hydrogen (secondary N) is 1. The zero-order chi connectivity index (χ0) is 18.2. The number of halogens is 1. The molecule has 2 aliphatic rings. The van der Waals surface area contributed by atoms with Crippen LogP contribution in [0.1, 0.15) is 30.9 Å². The van der Waals surface area contributed by atoms with Crippen molar-refractivity contribution in [2.24, 2.45) is 10.9 Å². The number of hydrogen-bond donors (Lipinski definition) is 1. The minimum absolute atomic E-state index is 0. The molecule has 2 heterocycles. The van der Waals surface area contributed by atoms with E-state index >= 15 is 0 Å². The molecule has 0 aliphatic carbocycles. The number of ether oxygens (including phenoxy) is 1. The molecule has 0 saturated carbocycles. The maximum absolute atomic E-state index is 5.50. The fourth-order valence-corrected chi connectivity index (χ4v) is 3.90. The van der Waals surface area contributed by atoms with Crippen molar-refractivity contribution in [2.75, 3.05) is 53.0 Å². The molecule has 0 bridgehead atoms. The SMILES string of the molecule is CCNC(=NCCCN1CCc2ccccc2C1)N(C)CC1CCOC1.I. The van der Waals surface area contributed by atoms with E-state index in [0.717, 1.165) is 58.3 Å². The van der Waals surface area contributed by atoms with Crippen LogP contribution in [0.15, 0.2) is 29.3 Å². The van der Waals surface area contributed by atoms with Crippen molar-refractivity contribution in [3.8, 4) is 0 Å². The zero-order valence-corrected chi connectivity index (χ0v) is 19.2. The Balaban J connectivity index is 0.00000261. The van der Waals surface area contributed by atoms with E-state index in [1.807, 2.05) is 0 Å². The van der Waals surface area contributed by atoms with Gasteiger partial charge in [-0.3, -0.25) is 9.89 Å². The summed E-state index contributed by atoms with van der Waals surface area (Å²) in [4.78, 5) is 9.67. The largest absolute Gasteiger partial charge is 0.381 e. The van der Waals surface area contributed by atoms with Gasteiger partial charge in [-0.25, -0.2) is 0 Å². The molecule has 1 aromatic rings. The molecule has 6 heteroatoms. The first-order valence-corrected chi connectivity index (χ1v) is 10.1. The van der Waals surface area contributed by atoms with Crippen LogP contribution in [-0.4, -0.2) is 68.7 Å². The molecule has 152 valence electrons. The quantitative estimate of drug-likeness (QED) is 0.279. The molecule has 0 radical (unpaired) electrons. The molecule has 27 heavy (non-hydrogen) atoms. The molecule has 0 aromatic heterocycles. The van der Waals surface area contributed by atoms with Gasteiger partial charge in [-0.05, 0) is 37.3 Å². The van der Waals surface area contributed by atoms with Gasteiger partial charge in [0.15, 0.2) is 5.96 Å². The Kier molecular flexibility index (Phi) is 9.86. The number of hydrogen-bond acceptors (Lipinski definition) is 3. The van der Waals surface area contributed by atoms with Crippen molar-refractivity contribution in [1.29, 1.82) is 0 Å². The van der Waals surface area contributed by atoms with Gasteiger partial charge in [-0.2, -0.15) is 0 Å². The smallest absolute Gasteiger partial charge is 0.193 e. The van der Waals surface area contributed by atoms with Gasteiger partial charge in [0.05, 0.1) is 6.61 Å². The van der Waals surface area contributed by atoms with Crippen LogP contribution in [0.4, 0.5) is 0 Å². The van der Waals surface area contributed by atoms with Crippen molar-refractivity contribution in [2.45, 2.75) is 32.7 Å². The number of guanidine groups is 1. The standard InChI is InChI=1S/C21H34N4O.HI/c1-3-22-21(24(2)15-18-10-14-26-17-18)23-11-6-12-25-13-9-19-7-4-5-8-20(19)16-25;/h4-5,7-8,18H,3,6,9-17H2,1-2H3,(H,22,23);1H. The van der Waals surface area contributed by atoms with Crippen LogP contribution < -0.4 is 5.32 Å². The first-order valence-electron chi connectivity index (χ1n) is 10.1. The lowest BCUT2D eigenvalue weighted by atomic mass is 10.00. The number of aliphatic imine (C=N–C) groups is 1. The highest BCUT2D eigenvalue weighted by atomic mass is 127. The summed E-state index contributed by atoms with van der Waals surface area (Å²) >= 11 is 0. The summed E-state index contributed by atoms with van der Waals surface area (Å²) in [7, 11) is 2.14. The molecule has 5 nitrogen and oxygen atoms in total. The fourth-order valence-electron chi connectivity index (χ4n) is 3.90. The number of rotatable bonds is 7. The Hall–Kier alpha value is -0.860. The highest BCUT2D eigenvalue weighted by Gasteiger charge is 2.19. The van der Waals surface area contributed by atoms with Gasteiger partial charge in [0.25, 0.3) is 0 Å². The van der Waals surface area contributed by atoms with E-state index in [1.165, 1.54) is 30.5 Å². The summed E-state index contributed by atoms with van der Waals surface area (Å²) in [6, 6.07) is 8.84. The second kappa shape index (κ2) is 11.9. The third-order valence-corrected chi connectivity index (χ3v) is 5.36. The predicted molar refractivity (Wildman–Crippen MR) is 123 cm³/mol. The van der Waals surface area contributed by atoms with Gasteiger partial charge >= 0.3 is 0 Å². The molecule has 0 amide bonds. The third kappa shape index (κ3) is 6.91. The van der Waals surface area contributed by atoms with Gasteiger partial charge in [-0.1, -0.05) is 24.3 Å². The number of fused-ring (bicyclic) bond motifs is 1. The highest BCUT2D eigenvalue weighted by molar-refractivity contribution is 14.0. The second-order valence-electron chi connectivity index (χ2n) is 7.49. The summed E-state index contributed by atoms with van der Waals surface area (Å²) in [6.07, 6.45) is 3.45. The van der Waals surface area contributed by atoms with Gasteiger partial charge in [0.2, 0.25) is 0 Å². The Morgan fingerprint density at radius 3 is 2.89 bits per heavy atom. The van der Waals surface area contributed by atoms with Crippen LogP contribution in [0.25, 0.3) is 0 Å². The molecule has 1 saturated heterocycles. The number of benzene rings is 1. The first-order chi connectivity index (χ1) is 12.8. The predicted octanol–water partition coefficient (Wildman–Crippen LogP) is 2.99. The van der Waals surface area contributed by atoms with Gasteiger partial charge < -0.3 is 15.0 Å². The van der Waals surface area contributed by atoms with Crippen LogP contribution in [0.3, 0.4) is 0 Å². The lowest BCUT2D eigenvalue weighted by Gasteiger charge is -2.28. The van der Waals surface area contributed by atoms with E-state index in [1.54, 1.807) is 0 Å². The maximum Gasteiger partial charge on any atom is 0.193 e.